The Morgan fingerprint density at radius 2 is 0.698 bits per heavy atom. The van der Waals surface area contributed by atoms with Crippen LogP contribution in [0.1, 0.15) is 226 Å². The minimum absolute atomic E-state index is 0.110. The number of allylic oxidation sites excluding steroid dienone is 16. The first-order chi connectivity index (χ1) is 31.0. The monoisotopic (exact) mass is 875 g/mol. The number of ether oxygens (including phenoxy) is 3. The van der Waals surface area contributed by atoms with Crippen LogP contribution in [0.4, 0.5) is 0 Å². The molecule has 1 atom stereocenters. The molecular weight excluding hydrogens is 781 g/mol. The third-order valence-corrected chi connectivity index (χ3v) is 10.7. The zero-order valence-electron chi connectivity index (χ0n) is 40.8. The average Bonchev–Trinajstić information content (AvgIpc) is 3.28. The summed E-state index contributed by atoms with van der Waals surface area (Å²) in [6.45, 7) is 6.40. The van der Waals surface area contributed by atoms with E-state index < -0.39 is 6.10 Å². The van der Waals surface area contributed by atoms with Gasteiger partial charge in [0.15, 0.2) is 6.10 Å². The molecule has 0 radical (unpaired) electrons. The predicted octanol–water partition coefficient (Wildman–Crippen LogP) is 17.0. The first-order valence-electron chi connectivity index (χ1n) is 25.8. The van der Waals surface area contributed by atoms with Crippen molar-refractivity contribution in [1.82, 2.24) is 0 Å². The fourth-order valence-corrected chi connectivity index (χ4v) is 6.83. The second-order valence-electron chi connectivity index (χ2n) is 16.8. The Hall–Kier alpha value is -3.67. The molecule has 0 aliphatic carbocycles. The van der Waals surface area contributed by atoms with E-state index in [1.807, 2.05) is 48.6 Å². The average molecular weight is 875 g/mol. The van der Waals surface area contributed by atoms with Gasteiger partial charge in [-0.1, -0.05) is 234 Å². The van der Waals surface area contributed by atoms with E-state index in [1.54, 1.807) is 0 Å². The molecule has 0 heterocycles. The molecule has 6 heteroatoms. The highest BCUT2D eigenvalue weighted by Crippen LogP contribution is 2.14. The normalized spacial score (nSPS) is 12.9. The molecule has 0 saturated heterocycles. The molecule has 0 aliphatic rings. The molecule has 0 fully saturated rings. The van der Waals surface area contributed by atoms with Crippen molar-refractivity contribution in [2.45, 2.75) is 232 Å². The van der Waals surface area contributed by atoms with Gasteiger partial charge in [-0.2, -0.15) is 0 Å². The van der Waals surface area contributed by atoms with Crippen LogP contribution in [0.15, 0.2) is 97.2 Å². The van der Waals surface area contributed by atoms with E-state index in [2.05, 4.69) is 69.4 Å². The topological polar surface area (TPSA) is 78.9 Å². The zero-order valence-corrected chi connectivity index (χ0v) is 40.8. The fourth-order valence-electron chi connectivity index (χ4n) is 6.83. The Morgan fingerprint density at radius 1 is 0.349 bits per heavy atom. The fraction of sp³-hybridized carbons (Fsp3) is 0.667. The quantitative estimate of drug-likeness (QED) is 0.0199. The summed E-state index contributed by atoms with van der Waals surface area (Å²) in [6.07, 6.45) is 66.8. The van der Waals surface area contributed by atoms with Crippen LogP contribution in [0.2, 0.25) is 0 Å². The molecule has 0 rings (SSSR count). The first kappa shape index (κ1) is 59.3. The second kappa shape index (κ2) is 51.0. The van der Waals surface area contributed by atoms with Gasteiger partial charge in [0.25, 0.3) is 0 Å². The van der Waals surface area contributed by atoms with Gasteiger partial charge in [-0.05, 0) is 70.6 Å². The van der Waals surface area contributed by atoms with Crippen molar-refractivity contribution in [3.8, 4) is 0 Å². The van der Waals surface area contributed by atoms with Crippen molar-refractivity contribution in [1.29, 1.82) is 0 Å². The van der Waals surface area contributed by atoms with Crippen molar-refractivity contribution in [3.63, 3.8) is 0 Å². The maximum atomic E-state index is 12.8. The first-order valence-corrected chi connectivity index (χ1v) is 25.8. The van der Waals surface area contributed by atoms with E-state index >= 15 is 0 Å². The Bertz CT molecular complexity index is 1280. The molecule has 0 bridgehead atoms. The van der Waals surface area contributed by atoms with Crippen LogP contribution in [0.5, 0.6) is 0 Å². The van der Waals surface area contributed by atoms with E-state index in [0.717, 1.165) is 64.2 Å². The maximum Gasteiger partial charge on any atom is 0.306 e. The van der Waals surface area contributed by atoms with Gasteiger partial charge in [0, 0.05) is 19.3 Å². The summed E-state index contributed by atoms with van der Waals surface area (Å²) >= 11 is 0. The number of hydrogen-bond acceptors (Lipinski definition) is 6. The third kappa shape index (κ3) is 49.2. The van der Waals surface area contributed by atoms with Crippen LogP contribution in [0.25, 0.3) is 0 Å². The summed E-state index contributed by atoms with van der Waals surface area (Å²) in [7, 11) is 0. The van der Waals surface area contributed by atoms with Crippen molar-refractivity contribution in [2.75, 3.05) is 13.2 Å². The van der Waals surface area contributed by atoms with E-state index in [4.69, 9.17) is 14.2 Å². The van der Waals surface area contributed by atoms with Crippen LogP contribution in [0, 0.1) is 0 Å². The minimum atomic E-state index is -0.818. The standard InChI is InChI=1S/C57H94O6/c1-4-7-10-13-16-19-22-25-27-28-30-32-35-38-41-44-47-50-56(59)62-53-54(52-61-55(58)49-46-43-40-37-34-31-24-21-18-15-12-9-6-3)63-57(60)51-48-45-42-39-36-33-29-26-23-20-17-14-11-8-5-2/h8,11,14,17,20,23,25-27,29-30,32-33,36,38,41,54H,4-7,9-10,12-13,15-16,18-19,21-22,24,28,31,34-35,37,39-40,42-53H2,1-3H3/b11-8-,17-14-,23-20-,27-25-,29-26-,32-30-,36-33-,41-38-. The molecule has 0 N–H and O–H groups in total. The summed E-state index contributed by atoms with van der Waals surface area (Å²) in [5.74, 6) is -1.01. The predicted molar refractivity (Wildman–Crippen MR) is 270 cm³/mol. The Balaban J connectivity index is 4.54. The van der Waals surface area contributed by atoms with Gasteiger partial charge in [0.05, 0.1) is 0 Å². The summed E-state index contributed by atoms with van der Waals surface area (Å²) in [4.78, 5) is 37.9. The Labute approximate surface area is 387 Å². The molecule has 0 aliphatic heterocycles. The molecule has 0 spiro atoms. The van der Waals surface area contributed by atoms with E-state index in [0.29, 0.717) is 19.3 Å². The van der Waals surface area contributed by atoms with Crippen LogP contribution in [-0.2, 0) is 28.6 Å². The lowest BCUT2D eigenvalue weighted by Crippen LogP contribution is -2.30. The summed E-state index contributed by atoms with van der Waals surface area (Å²) < 4.78 is 16.7. The highest BCUT2D eigenvalue weighted by atomic mass is 16.6. The van der Waals surface area contributed by atoms with Crippen LogP contribution < -0.4 is 0 Å². The number of unbranched alkanes of at least 4 members (excludes halogenated alkanes) is 22. The van der Waals surface area contributed by atoms with Gasteiger partial charge in [-0.25, -0.2) is 0 Å². The molecule has 63 heavy (non-hydrogen) atoms. The molecule has 1 unspecified atom stereocenters. The number of carbonyl (C=O) groups is 3. The van der Waals surface area contributed by atoms with Crippen LogP contribution >= 0.6 is 0 Å². The SMILES string of the molecule is CC\C=C/C=C\C=C/C=C\C=C/CCCCCC(=O)OC(COC(=O)CCC/C=C\C/C=C\C/C=C\CCCCCCCC)COC(=O)CCCCCCCCCCCCCCC. The number of esters is 3. The highest BCUT2D eigenvalue weighted by molar-refractivity contribution is 5.71. The van der Waals surface area contributed by atoms with Gasteiger partial charge in [-0.15, -0.1) is 0 Å². The van der Waals surface area contributed by atoms with Crippen molar-refractivity contribution in [2.24, 2.45) is 0 Å². The lowest BCUT2D eigenvalue weighted by Gasteiger charge is -2.18. The van der Waals surface area contributed by atoms with Crippen molar-refractivity contribution in [3.05, 3.63) is 97.2 Å². The molecule has 0 aromatic carbocycles. The van der Waals surface area contributed by atoms with Crippen molar-refractivity contribution < 1.29 is 28.6 Å². The summed E-state index contributed by atoms with van der Waals surface area (Å²) in [6, 6.07) is 0. The summed E-state index contributed by atoms with van der Waals surface area (Å²) in [5, 5.41) is 0. The molecular formula is C57H94O6. The van der Waals surface area contributed by atoms with Crippen molar-refractivity contribution >= 4 is 17.9 Å². The molecule has 0 amide bonds. The Morgan fingerprint density at radius 3 is 1.19 bits per heavy atom. The summed E-state index contributed by atoms with van der Waals surface area (Å²) in [5.41, 5.74) is 0. The largest absolute Gasteiger partial charge is 0.462 e. The third-order valence-electron chi connectivity index (χ3n) is 10.7. The van der Waals surface area contributed by atoms with Gasteiger partial charge in [-0.3, -0.25) is 14.4 Å². The highest BCUT2D eigenvalue weighted by Gasteiger charge is 2.19. The number of carbonyl (C=O) groups excluding carboxylic acids is 3. The number of hydrogen-bond donors (Lipinski definition) is 0. The molecule has 6 nitrogen and oxygen atoms in total. The van der Waals surface area contributed by atoms with Gasteiger partial charge < -0.3 is 14.2 Å². The Kier molecular flexibility index (Phi) is 48.0. The van der Waals surface area contributed by atoms with Gasteiger partial charge in [0.2, 0.25) is 0 Å². The van der Waals surface area contributed by atoms with Gasteiger partial charge >= 0.3 is 17.9 Å². The molecule has 358 valence electrons. The lowest BCUT2D eigenvalue weighted by atomic mass is 10.0. The molecule has 0 aromatic heterocycles. The maximum absolute atomic E-state index is 12.8. The smallest absolute Gasteiger partial charge is 0.306 e. The number of rotatable bonds is 45. The van der Waals surface area contributed by atoms with Crippen LogP contribution in [-0.4, -0.2) is 37.2 Å². The van der Waals surface area contributed by atoms with E-state index in [1.165, 1.54) is 109 Å². The lowest BCUT2D eigenvalue weighted by molar-refractivity contribution is -0.167. The zero-order chi connectivity index (χ0) is 45.8. The van der Waals surface area contributed by atoms with Gasteiger partial charge in [0.1, 0.15) is 13.2 Å². The van der Waals surface area contributed by atoms with E-state index in [-0.39, 0.29) is 44.0 Å². The van der Waals surface area contributed by atoms with E-state index in [9.17, 15) is 14.4 Å². The molecule has 0 saturated carbocycles. The second-order valence-corrected chi connectivity index (χ2v) is 16.8. The molecule has 0 aromatic rings. The van der Waals surface area contributed by atoms with Crippen LogP contribution in [0.3, 0.4) is 0 Å². The minimum Gasteiger partial charge on any atom is -0.462 e.